The fraction of sp³-hybridized carbons (Fsp3) is 0.750. The van der Waals surface area contributed by atoms with E-state index in [1.807, 2.05) is 0 Å². The average molecular weight is 211 g/mol. The highest BCUT2D eigenvalue weighted by molar-refractivity contribution is 5.73. The second-order valence-electron chi connectivity index (χ2n) is 3.73. The quantitative estimate of drug-likeness (QED) is 0.663. The maximum atomic E-state index is 10.7. The molecule has 0 amide bonds. The number of aromatic nitrogens is 4. The van der Waals surface area contributed by atoms with Gasteiger partial charge in [-0.1, -0.05) is 0 Å². The average Bonchev–Trinajstić information content (AvgIpc) is 2.76. The van der Waals surface area contributed by atoms with Gasteiger partial charge in [-0.25, -0.2) is 0 Å². The number of aryl methyl sites for hydroxylation is 1. The number of carboxylic acid groups (broad SMARTS) is 1. The second-order valence-corrected chi connectivity index (χ2v) is 3.73. The lowest BCUT2D eigenvalue weighted by Crippen LogP contribution is -2.36. The van der Waals surface area contributed by atoms with Gasteiger partial charge in [0.15, 0.2) is 5.82 Å². The molecule has 2 atom stereocenters. The summed E-state index contributed by atoms with van der Waals surface area (Å²) in [4.78, 5) is 12.1. The Balaban J connectivity index is 1.90. The van der Waals surface area contributed by atoms with Crippen molar-refractivity contribution in [2.24, 2.45) is 7.05 Å². The Bertz CT molecular complexity index is 364. The molecule has 1 aromatic rings. The molecule has 1 aromatic heterocycles. The zero-order valence-corrected chi connectivity index (χ0v) is 8.42. The number of tetrazole rings is 1. The number of carboxylic acids is 1. The number of nitrogens with zero attached hydrogens (tertiary/aromatic N) is 4. The molecule has 0 aromatic carbocycles. The molecule has 0 saturated carbocycles. The molecule has 0 radical (unpaired) electrons. The van der Waals surface area contributed by atoms with Crippen LogP contribution in [0.25, 0.3) is 0 Å². The van der Waals surface area contributed by atoms with Crippen molar-refractivity contribution in [1.29, 1.82) is 0 Å². The molecule has 0 aliphatic carbocycles. The van der Waals surface area contributed by atoms with Crippen LogP contribution >= 0.6 is 0 Å². The predicted octanol–water partition coefficient (Wildman–Crippen LogP) is -1.04. The van der Waals surface area contributed by atoms with E-state index in [0.29, 0.717) is 18.7 Å². The maximum absolute atomic E-state index is 10.7. The minimum atomic E-state index is -0.787. The summed E-state index contributed by atoms with van der Waals surface area (Å²) in [5.74, 6) is -0.134. The first kappa shape index (κ1) is 10.0. The lowest BCUT2D eigenvalue weighted by molar-refractivity contribution is -0.139. The molecule has 7 heteroatoms. The van der Waals surface area contributed by atoms with Gasteiger partial charge < -0.3 is 10.4 Å². The number of hydrogen-bond donors (Lipinski definition) is 2. The number of aliphatic carboxylic acids is 1. The molecule has 7 nitrogen and oxygen atoms in total. The highest BCUT2D eigenvalue weighted by Crippen LogP contribution is 2.14. The summed E-state index contributed by atoms with van der Waals surface area (Å²) in [6, 6.07) is -0.276. The molecule has 2 N–H and O–H groups in total. The van der Waals surface area contributed by atoms with Crippen molar-refractivity contribution >= 4 is 5.97 Å². The SMILES string of the molecule is Cn1nnc(CC2CCC(C(=O)O)N2)n1. The highest BCUT2D eigenvalue weighted by Gasteiger charge is 2.29. The van der Waals surface area contributed by atoms with Crippen molar-refractivity contribution in [1.82, 2.24) is 25.5 Å². The standard InChI is InChI=1S/C8H13N5O2/c1-13-11-7(10-12-13)4-5-2-3-6(9-5)8(14)15/h5-6,9H,2-4H2,1H3,(H,14,15). The van der Waals surface area contributed by atoms with Gasteiger partial charge in [0.1, 0.15) is 6.04 Å². The third-order valence-corrected chi connectivity index (χ3v) is 2.52. The van der Waals surface area contributed by atoms with Crippen LogP contribution in [0.5, 0.6) is 0 Å². The Kier molecular flexibility index (Phi) is 2.63. The Hall–Kier alpha value is -1.50. The van der Waals surface area contributed by atoms with Crippen molar-refractivity contribution in [3.05, 3.63) is 5.82 Å². The topological polar surface area (TPSA) is 92.9 Å². The summed E-state index contributed by atoms with van der Waals surface area (Å²) < 4.78 is 0. The van der Waals surface area contributed by atoms with Crippen LogP contribution in [-0.4, -0.2) is 43.4 Å². The summed E-state index contributed by atoms with van der Waals surface area (Å²) in [7, 11) is 1.71. The molecule has 1 aliphatic rings. The number of nitrogens with one attached hydrogen (secondary N) is 1. The first-order chi connectivity index (χ1) is 7.15. The van der Waals surface area contributed by atoms with Crippen LogP contribution in [0.1, 0.15) is 18.7 Å². The highest BCUT2D eigenvalue weighted by atomic mass is 16.4. The van der Waals surface area contributed by atoms with E-state index in [9.17, 15) is 4.79 Å². The van der Waals surface area contributed by atoms with E-state index in [1.165, 1.54) is 4.80 Å². The van der Waals surface area contributed by atoms with E-state index in [4.69, 9.17) is 5.11 Å². The van der Waals surface area contributed by atoms with E-state index in [2.05, 4.69) is 20.7 Å². The molecule has 15 heavy (non-hydrogen) atoms. The molecule has 2 heterocycles. The molecule has 0 bridgehead atoms. The van der Waals surface area contributed by atoms with Crippen LogP contribution < -0.4 is 5.32 Å². The molecule has 2 unspecified atom stereocenters. The lowest BCUT2D eigenvalue weighted by atomic mass is 10.1. The van der Waals surface area contributed by atoms with Crippen molar-refractivity contribution in [2.45, 2.75) is 31.3 Å². The smallest absolute Gasteiger partial charge is 0.320 e. The minimum absolute atomic E-state index is 0.148. The summed E-state index contributed by atoms with van der Waals surface area (Å²) >= 11 is 0. The summed E-state index contributed by atoms with van der Waals surface area (Å²) in [5.41, 5.74) is 0. The second kappa shape index (κ2) is 3.93. The molecular weight excluding hydrogens is 198 g/mol. The van der Waals surface area contributed by atoms with Gasteiger partial charge in [-0.2, -0.15) is 4.80 Å². The normalized spacial score (nSPS) is 25.7. The molecule has 2 rings (SSSR count). The van der Waals surface area contributed by atoms with Crippen molar-refractivity contribution in [3.63, 3.8) is 0 Å². The summed E-state index contributed by atoms with van der Waals surface area (Å²) in [5, 5.41) is 23.5. The molecule has 82 valence electrons. The van der Waals surface area contributed by atoms with Gasteiger partial charge in [0.2, 0.25) is 0 Å². The predicted molar refractivity (Wildman–Crippen MR) is 50.1 cm³/mol. The first-order valence-corrected chi connectivity index (χ1v) is 4.87. The summed E-state index contributed by atoms with van der Waals surface area (Å²) in [6.07, 6.45) is 2.15. The van der Waals surface area contributed by atoms with E-state index < -0.39 is 12.0 Å². The Morgan fingerprint density at radius 3 is 3.00 bits per heavy atom. The van der Waals surface area contributed by atoms with Gasteiger partial charge in [-0.3, -0.25) is 4.79 Å². The third kappa shape index (κ3) is 2.30. The zero-order chi connectivity index (χ0) is 10.8. The molecule has 1 aliphatic heterocycles. The van der Waals surface area contributed by atoms with E-state index in [1.54, 1.807) is 7.05 Å². The van der Waals surface area contributed by atoms with E-state index in [-0.39, 0.29) is 6.04 Å². The zero-order valence-electron chi connectivity index (χ0n) is 8.42. The lowest BCUT2D eigenvalue weighted by Gasteiger charge is -2.08. The first-order valence-electron chi connectivity index (χ1n) is 4.87. The number of rotatable bonds is 3. The van der Waals surface area contributed by atoms with Gasteiger partial charge >= 0.3 is 5.97 Å². The summed E-state index contributed by atoms with van der Waals surface area (Å²) in [6.45, 7) is 0. The largest absolute Gasteiger partial charge is 0.480 e. The molecule has 1 saturated heterocycles. The van der Waals surface area contributed by atoms with Crippen LogP contribution in [0.15, 0.2) is 0 Å². The number of carbonyl (C=O) groups is 1. The van der Waals surface area contributed by atoms with Gasteiger partial charge in [-0.05, 0) is 18.1 Å². The monoisotopic (exact) mass is 211 g/mol. The van der Waals surface area contributed by atoms with Crippen molar-refractivity contribution in [2.75, 3.05) is 0 Å². The van der Waals surface area contributed by atoms with Gasteiger partial charge in [0.05, 0.1) is 7.05 Å². The van der Waals surface area contributed by atoms with Crippen LogP contribution in [-0.2, 0) is 18.3 Å². The Morgan fingerprint density at radius 1 is 1.67 bits per heavy atom. The van der Waals surface area contributed by atoms with Crippen LogP contribution in [0.2, 0.25) is 0 Å². The van der Waals surface area contributed by atoms with Gasteiger partial charge in [0, 0.05) is 12.5 Å². The van der Waals surface area contributed by atoms with Gasteiger partial charge in [0.25, 0.3) is 0 Å². The fourth-order valence-corrected chi connectivity index (χ4v) is 1.80. The van der Waals surface area contributed by atoms with Crippen molar-refractivity contribution in [3.8, 4) is 0 Å². The van der Waals surface area contributed by atoms with Crippen molar-refractivity contribution < 1.29 is 9.90 Å². The third-order valence-electron chi connectivity index (χ3n) is 2.52. The Labute approximate surface area is 86.5 Å². The molecule has 0 spiro atoms. The molecule has 1 fully saturated rings. The minimum Gasteiger partial charge on any atom is -0.480 e. The van der Waals surface area contributed by atoms with Crippen LogP contribution in [0.4, 0.5) is 0 Å². The Morgan fingerprint density at radius 2 is 2.47 bits per heavy atom. The fourth-order valence-electron chi connectivity index (χ4n) is 1.80. The van der Waals surface area contributed by atoms with Crippen LogP contribution in [0, 0.1) is 0 Å². The van der Waals surface area contributed by atoms with E-state index in [0.717, 1.165) is 6.42 Å². The molecular formula is C8H13N5O2. The van der Waals surface area contributed by atoms with Gasteiger partial charge in [-0.15, -0.1) is 10.2 Å². The maximum Gasteiger partial charge on any atom is 0.320 e. The van der Waals surface area contributed by atoms with Crippen LogP contribution in [0.3, 0.4) is 0 Å². The van der Waals surface area contributed by atoms with E-state index >= 15 is 0 Å². The number of hydrogen-bond acceptors (Lipinski definition) is 5.